The van der Waals surface area contributed by atoms with Gasteiger partial charge in [0.1, 0.15) is 11.4 Å². The molecule has 0 aliphatic rings. The summed E-state index contributed by atoms with van der Waals surface area (Å²) >= 11 is 5.83. The maximum absolute atomic E-state index is 13.2. The molecule has 2 N–H and O–H groups in total. The minimum Gasteiger partial charge on any atom is -0.381 e. The Bertz CT molecular complexity index is 427. The fourth-order valence-electron chi connectivity index (χ4n) is 1.02. The maximum atomic E-state index is 13.2. The highest BCUT2D eigenvalue weighted by molar-refractivity contribution is 6.33. The van der Waals surface area contributed by atoms with Crippen LogP contribution in [0.5, 0.6) is 0 Å². The number of rotatable bonds is 2. The van der Waals surface area contributed by atoms with E-state index in [4.69, 9.17) is 11.6 Å². The molecule has 0 saturated heterocycles. The summed E-state index contributed by atoms with van der Waals surface area (Å²) in [6.45, 7) is 4.24. The molecule has 0 unspecified atom stereocenters. The molecule has 0 bridgehead atoms. The van der Waals surface area contributed by atoms with E-state index in [-0.39, 0.29) is 10.7 Å². The fourth-order valence-corrected chi connectivity index (χ4v) is 1.28. The van der Waals surface area contributed by atoms with E-state index in [0.29, 0.717) is 5.56 Å². The van der Waals surface area contributed by atoms with Gasteiger partial charge in [0, 0.05) is 0 Å². The number of carbonyl (C=O) groups is 1. The second kappa shape index (κ2) is 4.39. The number of aryl methyl sites for hydroxylation is 1. The van der Waals surface area contributed by atoms with Crippen LogP contribution in [0.2, 0.25) is 5.02 Å². The van der Waals surface area contributed by atoms with Gasteiger partial charge in [-0.15, -0.1) is 0 Å². The molecule has 0 aliphatic heterocycles. The van der Waals surface area contributed by atoms with Crippen LogP contribution in [-0.2, 0) is 4.79 Å². The quantitative estimate of drug-likeness (QED) is 0.841. The minimum absolute atomic E-state index is 0.150. The Morgan fingerprint density at radius 3 is 2.56 bits per heavy atom. The average Bonchev–Trinajstić information content (AvgIpc) is 2.12. The number of carbonyl (C=O) groups excluding carboxylic acids is 1. The molecule has 0 aliphatic carbocycles. The van der Waals surface area contributed by atoms with Crippen molar-refractivity contribution in [1.82, 2.24) is 0 Å². The molecule has 1 aromatic carbocycles. The molecule has 1 amide bonds. The molecular formula is C11H13ClFNO2. The third-order valence-electron chi connectivity index (χ3n) is 2.05. The minimum atomic E-state index is -1.54. The second-order valence-corrected chi connectivity index (χ2v) is 4.50. The second-order valence-electron chi connectivity index (χ2n) is 4.09. The van der Waals surface area contributed by atoms with Crippen LogP contribution >= 0.6 is 11.6 Å². The van der Waals surface area contributed by atoms with Gasteiger partial charge in [-0.2, -0.15) is 0 Å². The summed E-state index contributed by atoms with van der Waals surface area (Å²) in [4.78, 5) is 11.4. The number of hydrogen-bond acceptors (Lipinski definition) is 2. The predicted molar refractivity (Wildman–Crippen MR) is 61.1 cm³/mol. The van der Waals surface area contributed by atoms with Crippen LogP contribution in [0.25, 0.3) is 0 Å². The predicted octanol–water partition coefficient (Wildman–Crippen LogP) is 2.50. The summed E-state index contributed by atoms with van der Waals surface area (Å²) in [7, 11) is 0. The van der Waals surface area contributed by atoms with Gasteiger partial charge in [-0.25, -0.2) is 4.39 Å². The van der Waals surface area contributed by atoms with Crippen LogP contribution in [0.15, 0.2) is 12.1 Å². The molecule has 0 radical (unpaired) electrons. The molecule has 0 spiro atoms. The van der Waals surface area contributed by atoms with Crippen molar-refractivity contribution in [1.29, 1.82) is 0 Å². The number of anilines is 1. The van der Waals surface area contributed by atoms with Gasteiger partial charge < -0.3 is 10.4 Å². The zero-order valence-corrected chi connectivity index (χ0v) is 10.0. The molecule has 88 valence electrons. The lowest BCUT2D eigenvalue weighted by atomic mass is 10.1. The first kappa shape index (κ1) is 12.9. The first-order valence-electron chi connectivity index (χ1n) is 4.71. The molecule has 0 aromatic heterocycles. The maximum Gasteiger partial charge on any atom is 0.255 e. The van der Waals surface area contributed by atoms with Crippen molar-refractivity contribution >= 4 is 23.2 Å². The first-order chi connectivity index (χ1) is 7.21. The van der Waals surface area contributed by atoms with Crippen LogP contribution in [0, 0.1) is 12.7 Å². The molecule has 0 fully saturated rings. The average molecular weight is 246 g/mol. The van der Waals surface area contributed by atoms with E-state index >= 15 is 0 Å². The van der Waals surface area contributed by atoms with E-state index in [0.717, 1.165) is 6.07 Å². The van der Waals surface area contributed by atoms with Crippen molar-refractivity contribution in [3.8, 4) is 0 Å². The SMILES string of the molecule is Cc1cc(Cl)c(NC(=O)C(C)(C)O)cc1F. The van der Waals surface area contributed by atoms with Gasteiger partial charge in [0.25, 0.3) is 5.91 Å². The third-order valence-corrected chi connectivity index (χ3v) is 2.36. The number of benzene rings is 1. The van der Waals surface area contributed by atoms with E-state index in [1.54, 1.807) is 6.92 Å². The van der Waals surface area contributed by atoms with Crippen LogP contribution < -0.4 is 5.32 Å². The Morgan fingerprint density at radius 2 is 2.06 bits per heavy atom. The Morgan fingerprint density at radius 1 is 1.50 bits per heavy atom. The summed E-state index contributed by atoms with van der Waals surface area (Å²) in [5.74, 6) is -1.10. The molecule has 0 saturated carbocycles. The lowest BCUT2D eigenvalue weighted by Gasteiger charge is -2.17. The monoisotopic (exact) mass is 245 g/mol. The first-order valence-corrected chi connectivity index (χ1v) is 5.09. The molecule has 3 nitrogen and oxygen atoms in total. The summed E-state index contributed by atoms with van der Waals surface area (Å²) in [6.07, 6.45) is 0. The van der Waals surface area contributed by atoms with Crippen LogP contribution in [0.1, 0.15) is 19.4 Å². The Balaban J connectivity index is 2.99. The van der Waals surface area contributed by atoms with Crippen molar-refractivity contribution in [2.45, 2.75) is 26.4 Å². The molecule has 5 heteroatoms. The van der Waals surface area contributed by atoms with Gasteiger partial charge in [0.15, 0.2) is 0 Å². The van der Waals surface area contributed by atoms with Gasteiger partial charge in [-0.3, -0.25) is 4.79 Å². The molecule has 0 atom stereocenters. The van der Waals surface area contributed by atoms with Crippen molar-refractivity contribution in [3.63, 3.8) is 0 Å². The largest absolute Gasteiger partial charge is 0.381 e. The van der Waals surface area contributed by atoms with E-state index in [9.17, 15) is 14.3 Å². The Kier molecular flexibility index (Phi) is 3.55. The van der Waals surface area contributed by atoms with Gasteiger partial charge in [0.2, 0.25) is 0 Å². The third kappa shape index (κ3) is 2.93. The zero-order chi connectivity index (χ0) is 12.5. The lowest BCUT2D eigenvalue weighted by Crippen LogP contribution is -2.36. The summed E-state index contributed by atoms with van der Waals surface area (Å²) in [5, 5.41) is 12.0. The van der Waals surface area contributed by atoms with Crippen molar-refractivity contribution in [2.75, 3.05) is 5.32 Å². The van der Waals surface area contributed by atoms with Gasteiger partial charge >= 0.3 is 0 Å². The smallest absolute Gasteiger partial charge is 0.255 e. The number of hydrogen-bond donors (Lipinski definition) is 2. The van der Waals surface area contributed by atoms with E-state index in [2.05, 4.69) is 5.32 Å². The topological polar surface area (TPSA) is 49.3 Å². The molecule has 16 heavy (non-hydrogen) atoms. The normalized spacial score (nSPS) is 11.4. The van der Waals surface area contributed by atoms with Gasteiger partial charge in [-0.05, 0) is 38.5 Å². The molecule has 1 rings (SSSR count). The number of nitrogens with one attached hydrogen (secondary N) is 1. The van der Waals surface area contributed by atoms with Crippen molar-refractivity contribution < 1.29 is 14.3 Å². The Labute approximate surface area is 98.2 Å². The molecular weight excluding hydrogens is 233 g/mol. The van der Waals surface area contributed by atoms with Crippen LogP contribution in [-0.4, -0.2) is 16.6 Å². The summed E-state index contributed by atoms with van der Waals surface area (Å²) < 4.78 is 13.2. The van der Waals surface area contributed by atoms with Crippen molar-refractivity contribution in [3.05, 3.63) is 28.5 Å². The standard InChI is InChI=1S/C11H13ClFNO2/c1-6-4-7(12)9(5-8(6)13)14-10(15)11(2,3)16/h4-5,16H,1-3H3,(H,14,15). The van der Waals surface area contributed by atoms with Crippen molar-refractivity contribution in [2.24, 2.45) is 0 Å². The number of halogens is 2. The lowest BCUT2D eigenvalue weighted by molar-refractivity contribution is -0.130. The van der Waals surface area contributed by atoms with Crippen LogP contribution in [0.3, 0.4) is 0 Å². The summed E-state index contributed by atoms with van der Waals surface area (Å²) in [5.41, 5.74) is -0.992. The summed E-state index contributed by atoms with van der Waals surface area (Å²) in [6, 6.07) is 2.54. The zero-order valence-electron chi connectivity index (χ0n) is 9.27. The highest BCUT2D eigenvalue weighted by Crippen LogP contribution is 2.25. The van der Waals surface area contributed by atoms with E-state index < -0.39 is 17.3 Å². The van der Waals surface area contributed by atoms with Gasteiger partial charge in [-0.1, -0.05) is 11.6 Å². The Hall–Kier alpha value is -1.13. The fraction of sp³-hybridized carbons (Fsp3) is 0.364. The molecule has 1 aromatic rings. The van der Waals surface area contributed by atoms with E-state index in [1.807, 2.05) is 0 Å². The number of aliphatic hydroxyl groups is 1. The van der Waals surface area contributed by atoms with Crippen LogP contribution in [0.4, 0.5) is 10.1 Å². The highest BCUT2D eigenvalue weighted by atomic mass is 35.5. The number of amides is 1. The van der Waals surface area contributed by atoms with Gasteiger partial charge in [0.05, 0.1) is 10.7 Å². The highest BCUT2D eigenvalue weighted by Gasteiger charge is 2.24. The molecule has 0 heterocycles. The van der Waals surface area contributed by atoms with E-state index in [1.165, 1.54) is 19.9 Å².